The number of aliphatic hydroxyl groups excluding tert-OH is 1. The molecule has 1 aliphatic heterocycles. The molecule has 0 amide bonds. The zero-order valence-electron chi connectivity index (χ0n) is 15.0. The van der Waals surface area contributed by atoms with Gasteiger partial charge in [-0.2, -0.15) is 5.10 Å². The Balaban J connectivity index is 1.50. The molecule has 3 heterocycles. The molecule has 0 saturated carbocycles. The summed E-state index contributed by atoms with van der Waals surface area (Å²) in [7, 11) is 0. The van der Waals surface area contributed by atoms with Crippen LogP contribution in [-0.4, -0.2) is 31.5 Å². The zero-order chi connectivity index (χ0) is 17.9. The molecule has 1 unspecified atom stereocenters. The highest BCUT2D eigenvalue weighted by Gasteiger charge is 2.21. The van der Waals surface area contributed by atoms with Gasteiger partial charge >= 0.3 is 0 Å². The Kier molecular flexibility index (Phi) is 4.86. The number of rotatable bonds is 5. The molecule has 0 spiro atoms. The van der Waals surface area contributed by atoms with E-state index in [1.165, 1.54) is 0 Å². The molecular formula is C20H24N4O2. The van der Waals surface area contributed by atoms with Crippen molar-refractivity contribution in [2.45, 2.75) is 45.5 Å². The summed E-state index contributed by atoms with van der Waals surface area (Å²) in [6.45, 7) is 5.46. The number of hydrogen-bond donors (Lipinski definition) is 1. The Bertz CT molecular complexity index is 856. The number of aromatic nitrogens is 3. The molecule has 26 heavy (non-hydrogen) atoms. The average Bonchev–Trinajstić information content (AvgIpc) is 3.24. The third-order valence-electron chi connectivity index (χ3n) is 4.86. The molecule has 0 saturated heterocycles. The first-order chi connectivity index (χ1) is 12.7. The van der Waals surface area contributed by atoms with E-state index in [1.54, 1.807) is 0 Å². The first-order valence-corrected chi connectivity index (χ1v) is 9.19. The van der Waals surface area contributed by atoms with Crippen molar-refractivity contribution >= 4 is 0 Å². The predicted molar refractivity (Wildman–Crippen MR) is 97.3 cm³/mol. The average molecular weight is 352 g/mol. The highest BCUT2D eigenvalue weighted by molar-refractivity contribution is 5.26. The van der Waals surface area contributed by atoms with Gasteiger partial charge in [0.25, 0.3) is 0 Å². The Morgan fingerprint density at radius 2 is 2.04 bits per heavy atom. The fraction of sp³-hybridized carbons (Fsp3) is 0.400. The predicted octanol–water partition coefficient (Wildman–Crippen LogP) is 2.92. The summed E-state index contributed by atoms with van der Waals surface area (Å²) in [6.07, 6.45) is 1.21. The maximum absolute atomic E-state index is 10.6. The van der Waals surface area contributed by atoms with Gasteiger partial charge in [0.1, 0.15) is 6.10 Å². The van der Waals surface area contributed by atoms with E-state index in [2.05, 4.69) is 22.1 Å². The summed E-state index contributed by atoms with van der Waals surface area (Å²) in [4.78, 5) is 2.35. The van der Waals surface area contributed by atoms with Crippen molar-refractivity contribution in [1.29, 1.82) is 0 Å². The topological polar surface area (TPSA) is 67.3 Å². The van der Waals surface area contributed by atoms with Crippen LogP contribution in [0.25, 0.3) is 0 Å². The maximum Gasteiger partial charge on any atom is 0.150 e. The number of nitrogens with zero attached hydrogens (tertiary/aromatic N) is 4. The molecule has 0 radical (unpaired) electrons. The van der Waals surface area contributed by atoms with Crippen LogP contribution in [0.5, 0.6) is 0 Å². The van der Waals surface area contributed by atoms with E-state index in [4.69, 9.17) is 4.52 Å². The van der Waals surface area contributed by atoms with E-state index >= 15 is 0 Å². The first kappa shape index (κ1) is 17.0. The number of benzene rings is 1. The molecule has 6 nitrogen and oxygen atoms in total. The van der Waals surface area contributed by atoms with Crippen molar-refractivity contribution < 1.29 is 9.63 Å². The summed E-state index contributed by atoms with van der Waals surface area (Å²) in [5, 5.41) is 19.4. The second-order valence-electron chi connectivity index (χ2n) is 6.80. The van der Waals surface area contributed by atoms with E-state index < -0.39 is 6.10 Å². The molecule has 6 heteroatoms. The summed E-state index contributed by atoms with van der Waals surface area (Å²) in [5.41, 5.74) is 3.70. The van der Waals surface area contributed by atoms with E-state index in [9.17, 15) is 5.11 Å². The van der Waals surface area contributed by atoms with Crippen LogP contribution in [-0.2, 0) is 26.1 Å². The van der Waals surface area contributed by atoms with Gasteiger partial charge < -0.3 is 9.63 Å². The van der Waals surface area contributed by atoms with Gasteiger partial charge in [0.05, 0.1) is 23.6 Å². The van der Waals surface area contributed by atoms with Crippen LogP contribution < -0.4 is 0 Å². The van der Waals surface area contributed by atoms with Crippen molar-refractivity contribution in [3.05, 3.63) is 70.9 Å². The summed E-state index contributed by atoms with van der Waals surface area (Å²) in [6, 6.07) is 13.7. The molecule has 0 bridgehead atoms. The number of fused-ring (bicyclic) bond motifs is 1. The van der Waals surface area contributed by atoms with Crippen LogP contribution in [0.1, 0.15) is 47.9 Å². The lowest BCUT2D eigenvalue weighted by molar-refractivity contribution is 0.213. The molecular weight excluding hydrogens is 328 g/mol. The molecule has 0 aliphatic carbocycles. The number of aryl methyl sites for hydroxylation is 2. The minimum absolute atomic E-state index is 0.689. The van der Waals surface area contributed by atoms with Crippen LogP contribution >= 0.6 is 0 Å². The highest BCUT2D eigenvalue weighted by Crippen LogP contribution is 2.24. The van der Waals surface area contributed by atoms with E-state index in [-0.39, 0.29) is 0 Å². The molecule has 1 atom stereocenters. The van der Waals surface area contributed by atoms with Crippen LogP contribution in [0.3, 0.4) is 0 Å². The van der Waals surface area contributed by atoms with Gasteiger partial charge in [0, 0.05) is 25.7 Å². The van der Waals surface area contributed by atoms with E-state index in [0.29, 0.717) is 5.69 Å². The number of hydrogen-bond acceptors (Lipinski definition) is 5. The second-order valence-corrected chi connectivity index (χ2v) is 6.80. The van der Waals surface area contributed by atoms with Crippen molar-refractivity contribution in [2.75, 3.05) is 6.54 Å². The Morgan fingerprint density at radius 1 is 1.19 bits per heavy atom. The lowest BCUT2D eigenvalue weighted by Gasteiger charge is -2.17. The second kappa shape index (κ2) is 7.43. The van der Waals surface area contributed by atoms with Crippen molar-refractivity contribution in [1.82, 2.24) is 19.8 Å². The van der Waals surface area contributed by atoms with Crippen molar-refractivity contribution in [2.24, 2.45) is 0 Å². The first-order valence-electron chi connectivity index (χ1n) is 9.19. The van der Waals surface area contributed by atoms with E-state index in [1.807, 2.05) is 47.1 Å². The molecule has 0 fully saturated rings. The largest absolute Gasteiger partial charge is 0.382 e. The van der Waals surface area contributed by atoms with Gasteiger partial charge in [-0.3, -0.25) is 9.58 Å². The molecule has 1 aliphatic rings. The Hall–Kier alpha value is -2.44. The maximum atomic E-state index is 10.6. The van der Waals surface area contributed by atoms with Gasteiger partial charge in [-0.05, 0) is 24.5 Å². The van der Waals surface area contributed by atoms with Crippen molar-refractivity contribution in [3.8, 4) is 0 Å². The van der Waals surface area contributed by atoms with Crippen LogP contribution in [0, 0.1) is 0 Å². The summed E-state index contributed by atoms with van der Waals surface area (Å²) in [5.74, 6) is 0.902. The normalized spacial score (nSPS) is 16.2. The zero-order valence-corrected chi connectivity index (χ0v) is 15.0. The molecule has 1 aromatic carbocycles. The smallest absolute Gasteiger partial charge is 0.150 e. The molecule has 3 aromatic rings. The highest BCUT2D eigenvalue weighted by atomic mass is 16.5. The van der Waals surface area contributed by atoms with Crippen LogP contribution in [0.15, 0.2) is 47.0 Å². The van der Waals surface area contributed by atoms with Crippen molar-refractivity contribution in [3.63, 3.8) is 0 Å². The summed E-state index contributed by atoms with van der Waals surface area (Å²) < 4.78 is 7.46. The standard InChI is InChI=1S/C20H24N4O2/c1-2-16-11-18(26-22-16)14-23-9-6-10-24-17(13-23)12-19(21-24)20(25)15-7-4-3-5-8-15/h3-5,7-8,11-12,20,25H,2,6,9-10,13-14H2,1H3. The molecule has 136 valence electrons. The SMILES string of the molecule is CCc1cc(CN2CCCn3nc(C(O)c4ccccc4)cc3C2)on1. The summed E-state index contributed by atoms with van der Waals surface area (Å²) >= 11 is 0. The Morgan fingerprint density at radius 3 is 2.81 bits per heavy atom. The third kappa shape index (κ3) is 3.57. The van der Waals surface area contributed by atoms with Gasteiger partial charge in [-0.1, -0.05) is 42.4 Å². The van der Waals surface area contributed by atoms with Crippen LogP contribution in [0.4, 0.5) is 0 Å². The third-order valence-corrected chi connectivity index (χ3v) is 4.86. The van der Waals surface area contributed by atoms with Gasteiger partial charge in [0.2, 0.25) is 0 Å². The molecule has 2 aromatic heterocycles. The van der Waals surface area contributed by atoms with Gasteiger partial charge in [0.15, 0.2) is 5.76 Å². The molecule has 4 rings (SSSR count). The van der Waals surface area contributed by atoms with E-state index in [0.717, 1.165) is 61.7 Å². The molecule has 1 N–H and O–H groups in total. The number of aliphatic hydroxyl groups is 1. The van der Waals surface area contributed by atoms with Crippen LogP contribution in [0.2, 0.25) is 0 Å². The fourth-order valence-corrected chi connectivity index (χ4v) is 3.44. The minimum Gasteiger partial charge on any atom is -0.382 e. The Labute approximate surface area is 153 Å². The lowest BCUT2D eigenvalue weighted by Crippen LogP contribution is -2.22. The monoisotopic (exact) mass is 352 g/mol. The fourth-order valence-electron chi connectivity index (χ4n) is 3.44. The van der Waals surface area contributed by atoms with Gasteiger partial charge in [-0.25, -0.2) is 0 Å². The lowest BCUT2D eigenvalue weighted by atomic mass is 10.1. The minimum atomic E-state index is -0.689. The quantitative estimate of drug-likeness (QED) is 0.765. The van der Waals surface area contributed by atoms with Gasteiger partial charge in [-0.15, -0.1) is 0 Å².